The molecular formula is C12H21N3O. The van der Waals surface area contributed by atoms with E-state index in [4.69, 9.17) is 0 Å². The van der Waals surface area contributed by atoms with Crippen LogP contribution in [0, 0.1) is 5.92 Å². The molecule has 1 saturated carbocycles. The van der Waals surface area contributed by atoms with Gasteiger partial charge in [0, 0.05) is 12.6 Å². The van der Waals surface area contributed by atoms with Crippen LogP contribution in [0.4, 0.5) is 0 Å². The lowest BCUT2D eigenvalue weighted by Gasteiger charge is -2.27. The molecule has 2 saturated heterocycles. The van der Waals surface area contributed by atoms with Crippen LogP contribution in [-0.4, -0.2) is 54.6 Å². The second-order valence-corrected chi connectivity index (χ2v) is 5.44. The summed E-state index contributed by atoms with van der Waals surface area (Å²) in [6.45, 7) is 4.99. The Labute approximate surface area is 97.0 Å². The van der Waals surface area contributed by atoms with E-state index < -0.39 is 0 Å². The molecule has 4 heteroatoms. The largest absolute Gasteiger partial charge is 0.326 e. The molecule has 0 aromatic carbocycles. The molecule has 90 valence electrons. The second kappa shape index (κ2) is 4.34. The summed E-state index contributed by atoms with van der Waals surface area (Å²) in [7, 11) is 0. The van der Waals surface area contributed by atoms with Crippen molar-refractivity contribution in [3.63, 3.8) is 0 Å². The van der Waals surface area contributed by atoms with E-state index in [9.17, 15) is 4.79 Å². The maximum atomic E-state index is 11.8. The molecule has 0 aromatic rings. The van der Waals surface area contributed by atoms with Crippen molar-refractivity contribution in [3.05, 3.63) is 0 Å². The maximum absolute atomic E-state index is 11.8. The monoisotopic (exact) mass is 223 g/mol. The lowest BCUT2D eigenvalue weighted by atomic mass is 9.98. The molecule has 0 bridgehead atoms. The first-order chi connectivity index (χ1) is 7.83. The highest BCUT2D eigenvalue weighted by Gasteiger charge is 2.38. The van der Waals surface area contributed by atoms with Crippen molar-refractivity contribution < 1.29 is 4.79 Å². The van der Waals surface area contributed by atoms with Gasteiger partial charge in [-0.25, -0.2) is 0 Å². The van der Waals surface area contributed by atoms with Crippen LogP contribution in [0.3, 0.4) is 0 Å². The molecular weight excluding hydrogens is 202 g/mol. The summed E-state index contributed by atoms with van der Waals surface area (Å²) >= 11 is 0. The molecule has 3 aliphatic rings. The lowest BCUT2D eigenvalue weighted by molar-refractivity contribution is -0.127. The average Bonchev–Trinajstić information content (AvgIpc) is 3.06. The van der Waals surface area contributed by atoms with Gasteiger partial charge < -0.3 is 10.2 Å². The van der Waals surface area contributed by atoms with Crippen LogP contribution in [0.2, 0.25) is 0 Å². The first-order valence-corrected chi connectivity index (χ1v) is 6.55. The molecule has 2 heterocycles. The Kier molecular flexibility index (Phi) is 2.86. The number of amides is 1. The average molecular weight is 223 g/mol. The SMILES string of the molecule is O=C1CN(CC2CCNCC2)CN1C1CC1. The minimum absolute atomic E-state index is 0.358. The summed E-state index contributed by atoms with van der Waals surface area (Å²) in [5.41, 5.74) is 0. The van der Waals surface area contributed by atoms with Gasteiger partial charge in [0.25, 0.3) is 0 Å². The van der Waals surface area contributed by atoms with Crippen molar-refractivity contribution in [1.82, 2.24) is 15.1 Å². The van der Waals surface area contributed by atoms with E-state index in [0.29, 0.717) is 18.5 Å². The minimum Gasteiger partial charge on any atom is -0.326 e. The Morgan fingerprint density at radius 2 is 1.94 bits per heavy atom. The third-order valence-corrected chi connectivity index (χ3v) is 3.99. The molecule has 0 spiro atoms. The van der Waals surface area contributed by atoms with Crippen LogP contribution >= 0.6 is 0 Å². The van der Waals surface area contributed by atoms with Crippen molar-refractivity contribution in [3.8, 4) is 0 Å². The molecule has 16 heavy (non-hydrogen) atoms. The Bertz CT molecular complexity index is 271. The molecule has 1 amide bonds. The van der Waals surface area contributed by atoms with Crippen LogP contribution in [-0.2, 0) is 4.79 Å². The zero-order valence-corrected chi connectivity index (χ0v) is 9.82. The molecule has 0 unspecified atom stereocenters. The van der Waals surface area contributed by atoms with Gasteiger partial charge in [-0.05, 0) is 44.7 Å². The van der Waals surface area contributed by atoms with E-state index in [1.165, 1.54) is 25.7 Å². The highest BCUT2D eigenvalue weighted by Crippen LogP contribution is 2.29. The minimum atomic E-state index is 0.358. The van der Waals surface area contributed by atoms with Gasteiger partial charge >= 0.3 is 0 Å². The Morgan fingerprint density at radius 1 is 1.19 bits per heavy atom. The Morgan fingerprint density at radius 3 is 2.62 bits per heavy atom. The van der Waals surface area contributed by atoms with Crippen LogP contribution in [0.1, 0.15) is 25.7 Å². The van der Waals surface area contributed by atoms with Gasteiger partial charge in [-0.2, -0.15) is 0 Å². The van der Waals surface area contributed by atoms with Crippen LogP contribution in [0.25, 0.3) is 0 Å². The fraction of sp³-hybridized carbons (Fsp3) is 0.917. The number of nitrogens with one attached hydrogen (secondary N) is 1. The first kappa shape index (κ1) is 10.5. The summed E-state index contributed by atoms with van der Waals surface area (Å²) in [4.78, 5) is 16.2. The standard InChI is InChI=1S/C12H21N3O/c16-12-8-14(9-15(12)11-1-2-11)7-10-3-5-13-6-4-10/h10-11,13H,1-9H2. The van der Waals surface area contributed by atoms with E-state index in [2.05, 4.69) is 15.1 Å². The van der Waals surface area contributed by atoms with Gasteiger partial charge in [-0.1, -0.05) is 0 Å². The molecule has 3 rings (SSSR count). The van der Waals surface area contributed by atoms with E-state index in [1.54, 1.807) is 0 Å². The summed E-state index contributed by atoms with van der Waals surface area (Å²) < 4.78 is 0. The van der Waals surface area contributed by atoms with Gasteiger partial charge in [-0.3, -0.25) is 9.69 Å². The number of rotatable bonds is 3. The summed E-state index contributed by atoms with van der Waals surface area (Å²) in [6, 6.07) is 0.588. The topological polar surface area (TPSA) is 35.6 Å². The highest BCUT2D eigenvalue weighted by molar-refractivity contribution is 5.80. The smallest absolute Gasteiger partial charge is 0.238 e. The van der Waals surface area contributed by atoms with E-state index in [1.807, 2.05) is 0 Å². The fourth-order valence-corrected chi connectivity index (χ4v) is 2.88. The third-order valence-electron chi connectivity index (χ3n) is 3.99. The number of piperidine rings is 1. The van der Waals surface area contributed by atoms with Gasteiger partial charge in [0.2, 0.25) is 5.91 Å². The maximum Gasteiger partial charge on any atom is 0.238 e. The zero-order valence-electron chi connectivity index (χ0n) is 9.82. The van der Waals surface area contributed by atoms with Crippen molar-refractivity contribution >= 4 is 5.91 Å². The quantitative estimate of drug-likeness (QED) is 0.745. The predicted molar refractivity (Wildman–Crippen MR) is 61.9 cm³/mol. The number of hydrogen-bond donors (Lipinski definition) is 1. The highest BCUT2D eigenvalue weighted by atomic mass is 16.2. The third kappa shape index (κ3) is 2.23. The van der Waals surface area contributed by atoms with Crippen molar-refractivity contribution in [2.75, 3.05) is 32.8 Å². The molecule has 1 aliphatic carbocycles. The molecule has 3 fully saturated rings. The van der Waals surface area contributed by atoms with Gasteiger partial charge in [0.1, 0.15) is 0 Å². The number of carbonyl (C=O) groups excluding carboxylic acids is 1. The van der Waals surface area contributed by atoms with Crippen LogP contribution in [0.15, 0.2) is 0 Å². The summed E-state index contributed by atoms with van der Waals surface area (Å²) in [5, 5.41) is 3.39. The lowest BCUT2D eigenvalue weighted by Crippen LogP contribution is -2.36. The molecule has 4 nitrogen and oxygen atoms in total. The summed E-state index contributed by atoms with van der Waals surface area (Å²) in [5.74, 6) is 1.16. The fourth-order valence-electron chi connectivity index (χ4n) is 2.88. The molecule has 1 N–H and O–H groups in total. The second-order valence-electron chi connectivity index (χ2n) is 5.44. The Balaban J connectivity index is 1.50. The van der Waals surface area contributed by atoms with Crippen LogP contribution in [0.5, 0.6) is 0 Å². The molecule has 0 aromatic heterocycles. The van der Waals surface area contributed by atoms with Crippen LogP contribution < -0.4 is 5.32 Å². The van der Waals surface area contributed by atoms with Crippen molar-refractivity contribution in [2.45, 2.75) is 31.7 Å². The number of hydrogen-bond acceptors (Lipinski definition) is 3. The van der Waals surface area contributed by atoms with Gasteiger partial charge in [0.15, 0.2) is 0 Å². The van der Waals surface area contributed by atoms with Gasteiger partial charge in [0.05, 0.1) is 13.2 Å². The predicted octanol–water partition coefficient (Wildman–Crippen LogP) is 0.250. The van der Waals surface area contributed by atoms with Crippen molar-refractivity contribution in [1.29, 1.82) is 0 Å². The molecule has 2 aliphatic heterocycles. The van der Waals surface area contributed by atoms with E-state index in [-0.39, 0.29) is 0 Å². The van der Waals surface area contributed by atoms with E-state index >= 15 is 0 Å². The zero-order chi connectivity index (χ0) is 11.0. The van der Waals surface area contributed by atoms with Crippen molar-refractivity contribution in [2.24, 2.45) is 5.92 Å². The molecule has 0 radical (unpaired) electrons. The first-order valence-electron chi connectivity index (χ1n) is 6.55. The Hall–Kier alpha value is -0.610. The van der Waals surface area contributed by atoms with E-state index in [0.717, 1.165) is 32.2 Å². The molecule has 0 atom stereocenters. The normalized spacial score (nSPS) is 29.0. The number of nitrogens with zero attached hydrogens (tertiary/aromatic N) is 2. The van der Waals surface area contributed by atoms with Gasteiger partial charge in [-0.15, -0.1) is 0 Å². The summed E-state index contributed by atoms with van der Waals surface area (Å²) in [6.07, 6.45) is 5.00. The number of carbonyl (C=O) groups is 1.